The SMILES string of the molecule is C.C#CC1=CC(c2ccc(C)cc2)=CCC1.C=C.C=CC.CC.CC.CC(C)C.CCCC.CCCC.CCCC.Cc1ccc(C)c(C(C)(C)C)c1. The summed E-state index contributed by atoms with van der Waals surface area (Å²) in [6, 6.07) is 15.2. The first-order valence-electron chi connectivity index (χ1n) is 20.7. The first kappa shape index (κ1) is 68.0. The average Bonchev–Trinajstić information content (AvgIpc) is 3.15. The maximum Gasteiger partial charge on any atom is 0.00267 e. The minimum atomic E-state index is 0. The Morgan fingerprint density at radius 2 is 1.06 bits per heavy atom. The van der Waals surface area contributed by atoms with Gasteiger partial charge in [-0.1, -0.05) is 228 Å². The van der Waals surface area contributed by atoms with E-state index in [9.17, 15) is 0 Å². The molecule has 2 aromatic carbocycles. The lowest BCUT2D eigenvalue weighted by Gasteiger charge is -2.22. The highest BCUT2D eigenvalue weighted by Crippen LogP contribution is 2.26. The van der Waals surface area contributed by atoms with Gasteiger partial charge in [-0.3, -0.25) is 0 Å². The fraction of sp³-hybridized carbons (Fsp3) is 0.585. The summed E-state index contributed by atoms with van der Waals surface area (Å²) < 4.78 is 0. The predicted molar refractivity (Wildman–Crippen MR) is 259 cm³/mol. The molecule has 0 bridgehead atoms. The van der Waals surface area contributed by atoms with Crippen molar-refractivity contribution < 1.29 is 0 Å². The van der Waals surface area contributed by atoms with Crippen molar-refractivity contribution >= 4 is 5.57 Å². The Bertz CT molecular complexity index is 1060. The molecule has 0 atom stereocenters. The molecular formula is C53H98. The van der Waals surface area contributed by atoms with Gasteiger partial charge in [0.15, 0.2) is 0 Å². The quantitative estimate of drug-likeness (QED) is 0.217. The Morgan fingerprint density at radius 3 is 1.34 bits per heavy atom. The smallest absolute Gasteiger partial charge is 0.00267 e. The molecule has 0 saturated heterocycles. The molecule has 0 nitrogen and oxygen atoms in total. The standard InChI is InChI=1S/C15H14.C12H18.4C4H10.C3H6.2C2H6.C2H4.CH4/c1-3-13-5-4-6-15(11-13)14-9-7-12(2)8-10-14;1-9-6-7-10(2)11(8-9)12(3,4)5;1-4(2)3;3*1-3-4-2;1-3-2;3*1-2;/h1,6-11H,4-5H2,2H3;6-8H,1-5H3;4H,1-3H3;3*3-4H2,1-2H3;3H,1H2,2H3;2*1-2H3;1-2H2;1H4. The molecule has 0 spiro atoms. The maximum absolute atomic E-state index is 5.42. The van der Waals surface area contributed by atoms with Crippen molar-refractivity contribution in [2.45, 2.75) is 203 Å². The van der Waals surface area contributed by atoms with Crippen LogP contribution in [0.15, 0.2) is 86.0 Å². The second kappa shape index (κ2) is 53.3. The summed E-state index contributed by atoms with van der Waals surface area (Å²) in [7, 11) is 0. The molecule has 1 aliphatic carbocycles. The lowest BCUT2D eigenvalue weighted by atomic mass is 9.83. The van der Waals surface area contributed by atoms with Crippen LogP contribution < -0.4 is 0 Å². The Morgan fingerprint density at radius 1 is 0.717 bits per heavy atom. The van der Waals surface area contributed by atoms with E-state index in [0.717, 1.165) is 24.3 Å². The van der Waals surface area contributed by atoms with E-state index < -0.39 is 0 Å². The summed E-state index contributed by atoms with van der Waals surface area (Å²) in [6.07, 6.45) is 21.5. The molecule has 0 heteroatoms. The zero-order chi connectivity index (χ0) is 42.6. The van der Waals surface area contributed by atoms with Crippen LogP contribution in [0.25, 0.3) is 5.57 Å². The molecule has 0 saturated carbocycles. The zero-order valence-corrected chi connectivity index (χ0v) is 39.2. The van der Waals surface area contributed by atoms with Crippen molar-refractivity contribution in [1.29, 1.82) is 0 Å². The Labute approximate surface area is 339 Å². The van der Waals surface area contributed by atoms with E-state index in [-0.39, 0.29) is 12.8 Å². The molecule has 310 valence electrons. The lowest BCUT2D eigenvalue weighted by Crippen LogP contribution is -2.13. The van der Waals surface area contributed by atoms with Gasteiger partial charge in [0, 0.05) is 5.57 Å². The van der Waals surface area contributed by atoms with Crippen LogP contribution >= 0.6 is 0 Å². The Hall–Kier alpha value is -3.04. The number of hydrogen-bond acceptors (Lipinski definition) is 0. The van der Waals surface area contributed by atoms with Gasteiger partial charge < -0.3 is 0 Å². The van der Waals surface area contributed by atoms with Gasteiger partial charge >= 0.3 is 0 Å². The lowest BCUT2D eigenvalue weighted by molar-refractivity contribution is 0.585. The number of aryl methyl sites for hydroxylation is 3. The van der Waals surface area contributed by atoms with Crippen molar-refractivity contribution in [3.8, 4) is 12.3 Å². The Balaban J connectivity index is -0.0000000793. The van der Waals surface area contributed by atoms with Crippen molar-refractivity contribution in [2.24, 2.45) is 5.92 Å². The van der Waals surface area contributed by atoms with Gasteiger partial charge in [0.25, 0.3) is 0 Å². The second-order valence-corrected chi connectivity index (χ2v) is 13.6. The normalized spacial score (nSPS) is 9.89. The van der Waals surface area contributed by atoms with E-state index in [0.29, 0.717) is 0 Å². The minimum Gasteiger partial charge on any atom is -0.115 e. The molecular weight excluding hydrogens is 637 g/mol. The predicted octanol–water partition coefficient (Wildman–Crippen LogP) is 19.1. The van der Waals surface area contributed by atoms with Gasteiger partial charge in [-0.2, -0.15) is 0 Å². The molecule has 53 heavy (non-hydrogen) atoms. The average molecular weight is 735 g/mol. The number of unbranched alkanes of at least 4 members (excludes halogenated alkanes) is 3. The van der Waals surface area contributed by atoms with Gasteiger partial charge in [-0.25, -0.2) is 0 Å². The molecule has 0 radical (unpaired) electrons. The molecule has 0 unspecified atom stereocenters. The maximum atomic E-state index is 5.42. The van der Waals surface area contributed by atoms with E-state index in [4.69, 9.17) is 6.42 Å². The minimum absolute atomic E-state index is 0. The van der Waals surface area contributed by atoms with Crippen LogP contribution in [-0.4, -0.2) is 0 Å². The first-order chi connectivity index (χ1) is 24.6. The number of allylic oxidation sites excluding steroid dienone is 5. The third kappa shape index (κ3) is 53.4. The molecule has 2 aromatic rings. The summed E-state index contributed by atoms with van der Waals surface area (Å²) >= 11 is 0. The first-order valence-corrected chi connectivity index (χ1v) is 20.7. The van der Waals surface area contributed by atoms with E-state index in [1.54, 1.807) is 6.08 Å². The van der Waals surface area contributed by atoms with Gasteiger partial charge in [-0.05, 0) is 80.2 Å². The van der Waals surface area contributed by atoms with Gasteiger partial charge in [0.05, 0.1) is 0 Å². The summed E-state index contributed by atoms with van der Waals surface area (Å²) in [4.78, 5) is 0. The van der Waals surface area contributed by atoms with Crippen molar-refractivity contribution in [2.75, 3.05) is 0 Å². The molecule has 0 aliphatic heterocycles. The van der Waals surface area contributed by atoms with Crippen LogP contribution in [0.4, 0.5) is 0 Å². The van der Waals surface area contributed by atoms with Gasteiger partial charge in [-0.15, -0.1) is 26.2 Å². The fourth-order valence-corrected chi connectivity index (χ4v) is 3.31. The Kier molecular flexibility index (Phi) is 68.4. The largest absolute Gasteiger partial charge is 0.115 e. The summed E-state index contributed by atoms with van der Waals surface area (Å²) in [6.45, 7) is 52.0. The molecule has 1 aliphatic rings. The van der Waals surface area contributed by atoms with E-state index in [1.165, 1.54) is 71.9 Å². The molecule has 0 fully saturated rings. The topological polar surface area (TPSA) is 0 Å². The summed E-state index contributed by atoms with van der Waals surface area (Å²) in [5.74, 6) is 3.57. The van der Waals surface area contributed by atoms with Gasteiger partial charge in [0.2, 0.25) is 0 Å². The van der Waals surface area contributed by atoms with E-state index >= 15 is 0 Å². The van der Waals surface area contributed by atoms with Crippen molar-refractivity contribution in [3.05, 3.63) is 114 Å². The number of benzene rings is 2. The van der Waals surface area contributed by atoms with E-state index in [2.05, 4.69) is 184 Å². The summed E-state index contributed by atoms with van der Waals surface area (Å²) in [5.41, 5.74) is 9.39. The fourth-order valence-electron chi connectivity index (χ4n) is 3.31. The van der Waals surface area contributed by atoms with Crippen LogP contribution in [0.5, 0.6) is 0 Å². The molecule has 0 heterocycles. The zero-order valence-electron chi connectivity index (χ0n) is 39.2. The van der Waals surface area contributed by atoms with Crippen molar-refractivity contribution in [3.63, 3.8) is 0 Å². The van der Waals surface area contributed by atoms with E-state index in [1.807, 2.05) is 34.6 Å². The highest BCUT2D eigenvalue weighted by Gasteiger charge is 2.15. The van der Waals surface area contributed by atoms with Crippen LogP contribution in [0.1, 0.15) is 204 Å². The van der Waals surface area contributed by atoms with Crippen LogP contribution in [-0.2, 0) is 5.41 Å². The highest BCUT2D eigenvalue weighted by molar-refractivity contribution is 5.76. The highest BCUT2D eigenvalue weighted by atomic mass is 14.2. The van der Waals surface area contributed by atoms with Crippen LogP contribution in [0, 0.1) is 39.0 Å². The van der Waals surface area contributed by atoms with Crippen LogP contribution in [0.3, 0.4) is 0 Å². The monoisotopic (exact) mass is 735 g/mol. The molecule has 3 rings (SSSR count). The number of terminal acetylenes is 1. The third-order valence-electron chi connectivity index (χ3n) is 6.38. The summed E-state index contributed by atoms with van der Waals surface area (Å²) in [5, 5.41) is 0. The second-order valence-electron chi connectivity index (χ2n) is 13.6. The number of hydrogen-bond donors (Lipinski definition) is 0. The van der Waals surface area contributed by atoms with Crippen molar-refractivity contribution in [1.82, 2.24) is 0 Å². The number of rotatable bonds is 4. The molecule has 0 aromatic heterocycles. The van der Waals surface area contributed by atoms with Gasteiger partial charge in [0.1, 0.15) is 0 Å². The molecule has 0 amide bonds. The van der Waals surface area contributed by atoms with Crippen LogP contribution in [0.2, 0.25) is 0 Å². The molecule has 0 N–H and O–H groups in total. The third-order valence-corrected chi connectivity index (χ3v) is 6.38.